The van der Waals surface area contributed by atoms with Crippen molar-refractivity contribution in [1.82, 2.24) is 35.6 Å². The van der Waals surface area contributed by atoms with Gasteiger partial charge in [-0.15, -0.1) is 5.10 Å². The van der Waals surface area contributed by atoms with Gasteiger partial charge < -0.3 is 25.0 Å². The highest BCUT2D eigenvalue weighted by Crippen LogP contribution is 2.29. The van der Waals surface area contributed by atoms with Crippen molar-refractivity contribution in [3.8, 4) is 11.6 Å². The third-order valence-electron chi connectivity index (χ3n) is 7.29. The number of hydrazone groups is 1. The molecule has 222 valence electrons. The van der Waals surface area contributed by atoms with Crippen molar-refractivity contribution in [2.45, 2.75) is 26.3 Å². The third kappa shape index (κ3) is 6.01. The number of para-hydroxylation sites is 1. The Morgan fingerprint density at radius 2 is 1.86 bits per heavy atom. The Labute approximate surface area is 246 Å². The fourth-order valence-electron chi connectivity index (χ4n) is 5.01. The van der Waals surface area contributed by atoms with Crippen LogP contribution in [0.5, 0.6) is 5.75 Å². The van der Waals surface area contributed by atoms with E-state index >= 15 is 0 Å². The van der Waals surface area contributed by atoms with E-state index in [-0.39, 0.29) is 17.3 Å². The highest BCUT2D eigenvalue weighted by Gasteiger charge is 2.27. The Balaban J connectivity index is 1.18. The SMILES string of the molecule is C/C(=N/NC(=O)c1nnn(-c2nonc2N)c1CN1CCCc2ccccc21)c1ccc(OC(=O)N2CCOCC2)cc1. The molecule has 2 aromatic carbocycles. The van der Waals surface area contributed by atoms with Crippen molar-refractivity contribution in [2.24, 2.45) is 5.10 Å². The van der Waals surface area contributed by atoms with Crippen molar-refractivity contribution in [1.29, 1.82) is 0 Å². The average molecular weight is 587 g/mol. The van der Waals surface area contributed by atoms with Gasteiger partial charge in [-0.25, -0.2) is 14.8 Å². The normalized spacial score (nSPS) is 15.2. The molecule has 0 spiro atoms. The number of aryl methyl sites for hydroxylation is 1. The number of nitrogens with zero attached hydrogens (tertiary/aromatic N) is 8. The predicted octanol–water partition coefficient (Wildman–Crippen LogP) is 2.17. The number of morpholine rings is 1. The van der Waals surface area contributed by atoms with Crippen molar-refractivity contribution >= 4 is 29.2 Å². The largest absolute Gasteiger partial charge is 0.415 e. The standard InChI is InChI=1S/C28H30N10O5/c1-18(19-8-10-21(11-9-19)42-28(40)36-13-15-41-16-14-36)30-32-27(39)24-23(38(35-31-24)26-25(29)33-43-34-26)17-37-12-4-6-20-5-2-3-7-22(20)37/h2-3,5,7-11H,4,6,12-17H2,1H3,(H2,29,33)(H,32,39)/b30-18-. The third-order valence-corrected chi connectivity index (χ3v) is 7.29. The molecule has 2 aliphatic heterocycles. The van der Waals surface area contributed by atoms with E-state index in [1.165, 1.54) is 10.2 Å². The van der Waals surface area contributed by atoms with Crippen molar-refractivity contribution in [3.63, 3.8) is 0 Å². The van der Waals surface area contributed by atoms with E-state index in [0.717, 1.165) is 30.6 Å². The number of nitrogen functional groups attached to an aromatic ring is 1. The number of amides is 2. The number of hydrogen-bond acceptors (Lipinski definition) is 12. The van der Waals surface area contributed by atoms with E-state index in [1.807, 2.05) is 12.1 Å². The molecule has 0 aliphatic carbocycles. The van der Waals surface area contributed by atoms with Gasteiger partial charge in [0.15, 0.2) is 5.69 Å². The quantitative estimate of drug-likeness (QED) is 0.239. The van der Waals surface area contributed by atoms with Crippen LogP contribution in [0.3, 0.4) is 0 Å². The fourth-order valence-corrected chi connectivity index (χ4v) is 5.01. The van der Waals surface area contributed by atoms with Gasteiger partial charge in [0.05, 0.1) is 31.2 Å². The molecule has 2 amide bonds. The number of nitrogens with two attached hydrogens (primary N) is 1. The summed E-state index contributed by atoms with van der Waals surface area (Å²) in [6, 6.07) is 15.0. The molecule has 0 bridgehead atoms. The molecule has 0 saturated carbocycles. The molecular weight excluding hydrogens is 556 g/mol. The summed E-state index contributed by atoms with van der Waals surface area (Å²) in [6.07, 6.45) is 1.51. The zero-order chi connectivity index (χ0) is 29.8. The fraction of sp³-hybridized carbons (Fsp3) is 0.321. The van der Waals surface area contributed by atoms with Gasteiger partial charge in [0.2, 0.25) is 11.6 Å². The first-order valence-electron chi connectivity index (χ1n) is 13.8. The molecule has 43 heavy (non-hydrogen) atoms. The first-order chi connectivity index (χ1) is 21.0. The van der Waals surface area contributed by atoms with Gasteiger partial charge in [0.25, 0.3) is 5.91 Å². The van der Waals surface area contributed by atoms with Crippen LogP contribution in [-0.2, 0) is 17.7 Å². The minimum atomic E-state index is -0.558. The Morgan fingerprint density at radius 1 is 1.07 bits per heavy atom. The number of carbonyl (C=O) groups is 2. The van der Waals surface area contributed by atoms with Gasteiger partial charge in [-0.05, 0) is 71.5 Å². The lowest BCUT2D eigenvalue weighted by atomic mass is 10.0. The number of ether oxygens (including phenoxy) is 2. The molecule has 1 saturated heterocycles. The number of nitrogens with one attached hydrogen (secondary N) is 1. The smallest absolute Gasteiger partial charge is 0.410 e. The van der Waals surface area contributed by atoms with E-state index in [1.54, 1.807) is 36.1 Å². The molecule has 3 N–H and O–H groups in total. The molecule has 0 radical (unpaired) electrons. The summed E-state index contributed by atoms with van der Waals surface area (Å²) in [6.45, 7) is 4.81. The number of hydrogen-bond donors (Lipinski definition) is 2. The lowest BCUT2D eigenvalue weighted by molar-refractivity contribution is 0.0416. The van der Waals surface area contributed by atoms with E-state index in [2.05, 4.69) is 48.2 Å². The van der Waals surface area contributed by atoms with Crippen LogP contribution in [-0.4, -0.2) is 80.8 Å². The summed E-state index contributed by atoms with van der Waals surface area (Å²) in [5.41, 5.74) is 12.6. The maximum atomic E-state index is 13.4. The first kappa shape index (κ1) is 27.8. The highest BCUT2D eigenvalue weighted by molar-refractivity contribution is 6.00. The topological polar surface area (TPSA) is 179 Å². The minimum Gasteiger partial charge on any atom is -0.410 e. The van der Waals surface area contributed by atoms with Gasteiger partial charge in [-0.1, -0.05) is 23.4 Å². The van der Waals surface area contributed by atoms with Crippen LogP contribution in [0, 0.1) is 0 Å². The van der Waals surface area contributed by atoms with Crippen molar-refractivity contribution in [3.05, 3.63) is 71.0 Å². The highest BCUT2D eigenvalue weighted by atomic mass is 16.6. The summed E-state index contributed by atoms with van der Waals surface area (Å²) in [7, 11) is 0. The summed E-state index contributed by atoms with van der Waals surface area (Å²) < 4.78 is 16.9. The molecule has 2 aromatic heterocycles. The van der Waals surface area contributed by atoms with Crippen LogP contribution in [0.15, 0.2) is 58.3 Å². The number of aromatic nitrogens is 5. The zero-order valence-corrected chi connectivity index (χ0v) is 23.5. The number of anilines is 2. The molecule has 1 fully saturated rings. The lowest BCUT2D eigenvalue weighted by Gasteiger charge is -2.31. The van der Waals surface area contributed by atoms with Gasteiger partial charge >= 0.3 is 6.09 Å². The van der Waals surface area contributed by atoms with E-state index in [4.69, 9.17) is 19.8 Å². The lowest BCUT2D eigenvalue weighted by Crippen LogP contribution is -2.42. The molecule has 4 aromatic rings. The Morgan fingerprint density at radius 3 is 2.63 bits per heavy atom. The molecule has 6 rings (SSSR count). The average Bonchev–Trinajstić information content (AvgIpc) is 3.66. The van der Waals surface area contributed by atoms with Crippen LogP contribution in [0.1, 0.15) is 40.7 Å². The van der Waals surface area contributed by atoms with Crippen LogP contribution < -0.4 is 20.8 Å². The summed E-state index contributed by atoms with van der Waals surface area (Å²) in [5, 5.41) is 20.1. The van der Waals surface area contributed by atoms with Gasteiger partial charge in [0.1, 0.15) is 5.75 Å². The number of carbonyl (C=O) groups excluding carboxylic acids is 2. The second-order valence-electron chi connectivity index (χ2n) is 10.1. The number of fused-ring (bicyclic) bond motifs is 1. The predicted molar refractivity (Wildman–Crippen MR) is 154 cm³/mol. The first-order valence-corrected chi connectivity index (χ1v) is 13.8. The maximum absolute atomic E-state index is 13.4. The van der Waals surface area contributed by atoms with Crippen LogP contribution in [0.2, 0.25) is 0 Å². The molecule has 0 atom stereocenters. The molecule has 2 aliphatic rings. The summed E-state index contributed by atoms with van der Waals surface area (Å²) in [5.74, 6) is 0.00208. The van der Waals surface area contributed by atoms with Gasteiger partial charge in [-0.3, -0.25) is 4.79 Å². The van der Waals surface area contributed by atoms with Crippen molar-refractivity contribution in [2.75, 3.05) is 43.5 Å². The monoisotopic (exact) mass is 586 g/mol. The van der Waals surface area contributed by atoms with Gasteiger partial charge in [-0.2, -0.15) is 9.78 Å². The van der Waals surface area contributed by atoms with Crippen LogP contribution in [0.25, 0.3) is 5.82 Å². The van der Waals surface area contributed by atoms with Crippen molar-refractivity contribution < 1.29 is 23.7 Å². The Bertz CT molecular complexity index is 1640. The zero-order valence-electron chi connectivity index (χ0n) is 23.5. The second kappa shape index (κ2) is 12.3. The van der Waals surface area contributed by atoms with Crippen LogP contribution in [0.4, 0.5) is 16.3 Å². The van der Waals surface area contributed by atoms with E-state index in [9.17, 15) is 9.59 Å². The van der Waals surface area contributed by atoms with E-state index in [0.29, 0.717) is 50.0 Å². The van der Waals surface area contributed by atoms with Crippen LogP contribution >= 0.6 is 0 Å². The van der Waals surface area contributed by atoms with E-state index < -0.39 is 12.0 Å². The van der Waals surface area contributed by atoms with Gasteiger partial charge in [0, 0.05) is 25.3 Å². The summed E-state index contributed by atoms with van der Waals surface area (Å²) >= 11 is 0. The summed E-state index contributed by atoms with van der Waals surface area (Å²) in [4.78, 5) is 29.5. The molecular formula is C28H30N10O5. The minimum absolute atomic E-state index is 0.0186. The molecule has 15 heteroatoms. The Kier molecular flexibility index (Phi) is 7.95. The molecule has 15 nitrogen and oxygen atoms in total. The molecule has 4 heterocycles. The Hall–Kier alpha value is -5.31. The molecule has 0 unspecified atom stereocenters. The number of benzene rings is 2. The second-order valence-corrected chi connectivity index (χ2v) is 10.1. The maximum Gasteiger partial charge on any atom is 0.415 e. The number of rotatable bonds is 7.